The second kappa shape index (κ2) is 4.96. The van der Waals surface area contributed by atoms with Gasteiger partial charge in [0.1, 0.15) is 0 Å². The molecule has 0 radical (unpaired) electrons. The number of hydrogen-bond donors (Lipinski definition) is 0. The van der Waals surface area contributed by atoms with Crippen LogP contribution < -0.4 is 0 Å². The highest BCUT2D eigenvalue weighted by Gasteiger charge is 2.32. The minimum absolute atomic E-state index is 0.0617. The van der Waals surface area contributed by atoms with Gasteiger partial charge in [-0.15, -0.1) is 0 Å². The predicted octanol–water partition coefficient (Wildman–Crippen LogP) is 2.49. The molecule has 0 atom stereocenters. The van der Waals surface area contributed by atoms with Gasteiger partial charge in [-0.3, -0.25) is 4.79 Å². The standard InChI is InChI=1S/C12H14BrClN2O/c1-15(2)9-6-16(7-9)12(17)10-4-3-8(14)5-11(10)13/h3-5,9H,6-7H2,1-2H3. The van der Waals surface area contributed by atoms with Crippen LogP contribution in [-0.4, -0.2) is 48.9 Å². The van der Waals surface area contributed by atoms with Gasteiger partial charge in [-0.2, -0.15) is 0 Å². The summed E-state index contributed by atoms with van der Waals surface area (Å²) in [6.07, 6.45) is 0. The van der Waals surface area contributed by atoms with E-state index < -0.39 is 0 Å². The number of hydrogen-bond acceptors (Lipinski definition) is 2. The Balaban J connectivity index is 2.07. The van der Waals surface area contributed by atoms with Crippen molar-refractivity contribution < 1.29 is 4.79 Å². The summed E-state index contributed by atoms with van der Waals surface area (Å²) in [5.41, 5.74) is 0.673. The fraction of sp³-hybridized carbons (Fsp3) is 0.417. The van der Waals surface area contributed by atoms with E-state index in [1.807, 2.05) is 19.0 Å². The molecular weight excluding hydrogens is 304 g/mol. The Morgan fingerprint density at radius 1 is 1.47 bits per heavy atom. The monoisotopic (exact) mass is 316 g/mol. The smallest absolute Gasteiger partial charge is 0.255 e. The summed E-state index contributed by atoms with van der Waals surface area (Å²) < 4.78 is 0.753. The van der Waals surface area contributed by atoms with E-state index >= 15 is 0 Å². The van der Waals surface area contributed by atoms with Crippen molar-refractivity contribution in [3.8, 4) is 0 Å². The predicted molar refractivity (Wildman–Crippen MR) is 72.5 cm³/mol. The van der Waals surface area contributed by atoms with Crippen LogP contribution in [0.4, 0.5) is 0 Å². The van der Waals surface area contributed by atoms with Gasteiger partial charge >= 0.3 is 0 Å². The third kappa shape index (κ3) is 2.64. The Kier molecular flexibility index (Phi) is 3.76. The average molecular weight is 318 g/mol. The van der Waals surface area contributed by atoms with Gasteiger partial charge in [-0.05, 0) is 48.2 Å². The number of halogens is 2. The molecule has 0 aromatic heterocycles. The minimum Gasteiger partial charge on any atom is -0.335 e. The number of likely N-dealkylation sites (N-methyl/N-ethyl adjacent to an activating group) is 1. The molecule has 1 aliphatic rings. The lowest BCUT2D eigenvalue weighted by Gasteiger charge is -2.42. The SMILES string of the molecule is CN(C)C1CN(C(=O)c2ccc(Cl)cc2Br)C1. The summed E-state index contributed by atoms with van der Waals surface area (Å²) in [5, 5.41) is 0.628. The second-order valence-corrected chi connectivity index (χ2v) is 5.74. The molecule has 1 aromatic carbocycles. The number of carbonyl (C=O) groups excluding carboxylic acids is 1. The molecule has 1 fully saturated rings. The Hall–Kier alpha value is -0.580. The molecule has 5 heteroatoms. The van der Waals surface area contributed by atoms with Crippen molar-refractivity contribution in [2.75, 3.05) is 27.2 Å². The van der Waals surface area contributed by atoms with Crippen molar-refractivity contribution in [2.24, 2.45) is 0 Å². The highest BCUT2D eigenvalue weighted by atomic mass is 79.9. The molecule has 1 amide bonds. The van der Waals surface area contributed by atoms with Gasteiger partial charge in [0, 0.05) is 28.6 Å². The molecule has 0 N–H and O–H groups in total. The van der Waals surface area contributed by atoms with E-state index in [0.29, 0.717) is 16.6 Å². The van der Waals surface area contributed by atoms with Gasteiger partial charge in [0.2, 0.25) is 0 Å². The van der Waals surface area contributed by atoms with Crippen molar-refractivity contribution in [1.82, 2.24) is 9.80 Å². The lowest BCUT2D eigenvalue weighted by Crippen LogP contribution is -2.59. The van der Waals surface area contributed by atoms with Crippen LogP contribution in [0.15, 0.2) is 22.7 Å². The largest absolute Gasteiger partial charge is 0.335 e. The van der Waals surface area contributed by atoms with E-state index in [4.69, 9.17) is 11.6 Å². The first-order valence-electron chi connectivity index (χ1n) is 5.40. The molecule has 1 heterocycles. The summed E-state index contributed by atoms with van der Waals surface area (Å²) in [7, 11) is 4.06. The quantitative estimate of drug-likeness (QED) is 0.837. The van der Waals surface area contributed by atoms with E-state index in [9.17, 15) is 4.79 Å². The lowest BCUT2D eigenvalue weighted by molar-refractivity contribution is 0.0398. The van der Waals surface area contributed by atoms with Crippen molar-refractivity contribution in [2.45, 2.75) is 6.04 Å². The van der Waals surface area contributed by atoms with Crippen molar-refractivity contribution in [3.05, 3.63) is 33.3 Å². The summed E-state index contributed by atoms with van der Waals surface area (Å²) in [6.45, 7) is 1.59. The first kappa shape index (κ1) is 12.9. The highest BCUT2D eigenvalue weighted by molar-refractivity contribution is 9.10. The van der Waals surface area contributed by atoms with Gasteiger partial charge in [0.15, 0.2) is 0 Å². The van der Waals surface area contributed by atoms with E-state index in [2.05, 4.69) is 20.8 Å². The molecule has 3 nitrogen and oxygen atoms in total. The number of amides is 1. The lowest BCUT2D eigenvalue weighted by atomic mass is 10.1. The molecule has 1 aromatic rings. The van der Waals surface area contributed by atoms with Crippen molar-refractivity contribution >= 4 is 33.4 Å². The Morgan fingerprint density at radius 3 is 2.65 bits per heavy atom. The topological polar surface area (TPSA) is 23.6 Å². The molecule has 0 aliphatic carbocycles. The Morgan fingerprint density at radius 2 is 2.12 bits per heavy atom. The van der Waals surface area contributed by atoms with Crippen molar-refractivity contribution in [3.63, 3.8) is 0 Å². The van der Waals surface area contributed by atoms with Crippen LogP contribution >= 0.6 is 27.5 Å². The van der Waals surface area contributed by atoms with Gasteiger partial charge < -0.3 is 9.80 Å². The molecule has 1 aliphatic heterocycles. The second-order valence-electron chi connectivity index (χ2n) is 4.45. The first-order chi connectivity index (χ1) is 7.99. The minimum atomic E-state index is 0.0617. The van der Waals surface area contributed by atoms with E-state index in [1.165, 1.54) is 0 Å². The van der Waals surface area contributed by atoms with Gasteiger partial charge in [-0.1, -0.05) is 11.6 Å². The zero-order chi connectivity index (χ0) is 12.6. The number of rotatable bonds is 2. The number of carbonyl (C=O) groups is 1. The van der Waals surface area contributed by atoms with Gasteiger partial charge in [-0.25, -0.2) is 0 Å². The zero-order valence-corrected chi connectivity index (χ0v) is 12.1. The highest BCUT2D eigenvalue weighted by Crippen LogP contribution is 2.25. The van der Waals surface area contributed by atoms with Crippen LogP contribution in [-0.2, 0) is 0 Å². The summed E-state index contributed by atoms with van der Waals surface area (Å²) in [4.78, 5) is 16.1. The molecule has 0 unspecified atom stereocenters. The van der Waals surface area contributed by atoms with Gasteiger partial charge in [0.25, 0.3) is 5.91 Å². The molecule has 17 heavy (non-hydrogen) atoms. The average Bonchev–Trinajstić information content (AvgIpc) is 2.13. The maximum absolute atomic E-state index is 12.2. The van der Waals surface area contributed by atoms with E-state index in [1.54, 1.807) is 18.2 Å². The molecular formula is C12H14BrClN2O. The van der Waals surface area contributed by atoms with Gasteiger partial charge in [0.05, 0.1) is 5.56 Å². The number of nitrogens with zero attached hydrogens (tertiary/aromatic N) is 2. The van der Waals surface area contributed by atoms with E-state index in [0.717, 1.165) is 17.6 Å². The fourth-order valence-electron chi connectivity index (χ4n) is 1.78. The zero-order valence-electron chi connectivity index (χ0n) is 9.78. The molecule has 2 rings (SSSR count). The molecule has 0 spiro atoms. The Labute approximate surface area is 114 Å². The number of benzene rings is 1. The summed E-state index contributed by atoms with van der Waals surface area (Å²) in [5.74, 6) is 0.0617. The maximum atomic E-state index is 12.2. The van der Waals surface area contributed by atoms with Crippen LogP contribution in [0.2, 0.25) is 5.02 Å². The van der Waals surface area contributed by atoms with Crippen molar-refractivity contribution in [1.29, 1.82) is 0 Å². The molecule has 92 valence electrons. The fourth-order valence-corrected chi connectivity index (χ4v) is 2.63. The maximum Gasteiger partial charge on any atom is 0.255 e. The molecule has 0 bridgehead atoms. The molecule has 0 saturated carbocycles. The summed E-state index contributed by atoms with van der Waals surface area (Å²) in [6, 6.07) is 5.73. The molecule has 1 saturated heterocycles. The van der Waals surface area contributed by atoms with E-state index in [-0.39, 0.29) is 5.91 Å². The van der Waals surface area contributed by atoms with Crippen LogP contribution in [0, 0.1) is 0 Å². The van der Waals surface area contributed by atoms with Crippen LogP contribution in [0.5, 0.6) is 0 Å². The number of likely N-dealkylation sites (tertiary alicyclic amines) is 1. The van der Waals surface area contributed by atoms with Crippen LogP contribution in [0.1, 0.15) is 10.4 Å². The summed E-state index contributed by atoms with van der Waals surface area (Å²) >= 11 is 9.22. The third-order valence-corrected chi connectivity index (χ3v) is 3.93. The normalized spacial score (nSPS) is 16.2. The Bertz CT molecular complexity index is 444. The third-order valence-electron chi connectivity index (χ3n) is 3.04. The first-order valence-corrected chi connectivity index (χ1v) is 6.57. The van der Waals surface area contributed by atoms with Crippen LogP contribution in [0.25, 0.3) is 0 Å². The van der Waals surface area contributed by atoms with Crippen LogP contribution in [0.3, 0.4) is 0 Å².